The molecule has 0 saturated carbocycles. The fourth-order valence-electron chi connectivity index (χ4n) is 2.73. The van der Waals surface area contributed by atoms with Gasteiger partial charge in [0.2, 0.25) is 11.8 Å². The number of benzene rings is 2. The second-order valence-corrected chi connectivity index (χ2v) is 7.05. The summed E-state index contributed by atoms with van der Waals surface area (Å²) in [4.78, 5) is 27.3. The molecule has 0 aliphatic heterocycles. The molecule has 0 atom stereocenters. The van der Waals surface area contributed by atoms with Crippen LogP contribution in [0.4, 0.5) is 24.5 Å². The first kappa shape index (κ1) is 21.5. The normalized spacial score (nSPS) is 11.8. The van der Waals surface area contributed by atoms with E-state index in [9.17, 15) is 22.8 Å². The van der Waals surface area contributed by atoms with Crippen molar-refractivity contribution in [3.8, 4) is 0 Å². The lowest BCUT2D eigenvalue weighted by atomic mass is 9.89. The molecular formula is C21H23F3N2O2. The summed E-state index contributed by atoms with van der Waals surface area (Å²) < 4.78 is 38.6. The van der Waals surface area contributed by atoms with E-state index >= 15 is 0 Å². The van der Waals surface area contributed by atoms with Crippen LogP contribution < -0.4 is 10.2 Å². The van der Waals surface area contributed by atoms with Crippen molar-refractivity contribution < 1.29 is 22.8 Å². The number of amides is 2. The summed E-state index contributed by atoms with van der Waals surface area (Å²) in [6.45, 7) is 6.95. The van der Waals surface area contributed by atoms with Crippen LogP contribution in [0, 0.1) is 12.3 Å². The summed E-state index contributed by atoms with van der Waals surface area (Å²) in [5.41, 5.74) is -0.736. The van der Waals surface area contributed by atoms with Crippen molar-refractivity contribution in [3.63, 3.8) is 0 Å². The highest BCUT2D eigenvalue weighted by atomic mass is 19.4. The summed E-state index contributed by atoms with van der Waals surface area (Å²) in [6, 6.07) is 11.6. The molecule has 0 aliphatic carbocycles. The minimum absolute atomic E-state index is 0.0145. The quantitative estimate of drug-likeness (QED) is 0.726. The lowest BCUT2D eigenvalue weighted by molar-refractivity contribution is -0.138. The van der Waals surface area contributed by atoms with Crippen molar-refractivity contribution >= 4 is 23.2 Å². The number of alkyl halides is 3. The number of anilines is 2. The molecule has 150 valence electrons. The van der Waals surface area contributed by atoms with Gasteiger partial charge in [0.15, 0.2) is 0 Å². The molecule has 0 aromatic heterocycles. The first-order valence-electron chi connectivity index (χ1n) is 8.84. The van der Waals surface area contributed by atoms with Crippen molar-refractivity contribution in [2.75, 3.05) is 16.8 Å². The van der Waals surface area contributed by atoms with E-state index < -0.39 is 29.0 Å². The highest BCUT2D eigenvalue weighted by Gasteiger charge is 2.39. The zero-order chi connectivity index (χ0) is 21.1. The van der Waals surface area contributed by atoms with Gasteiger partial charge in [-0.15, -0.1) is 0 Å². The largest absolute Gasteiger partial charge is 0.416 e. The lowest BCUT2D eigenvalue weighted by Crippen LogP contribution is -2.47. The molecule has 0 heterocycles. The first-order chi connectivity index (χ1) is 13.0. The van der Waals surface area contributed by atoms with Gasteiger partial charge in [0.05, 0.1) is 5.56 Å². The Labute approximate surface area is 162 Å². The zero-order valence-corrected chi connectivity index (χ0v) is 16.2. The first-order valence-corrected chi connectivity index (χ1v) is 8.84. The summed E-state index contributed by atoms with van der Waals surface area (Å²) in [7, 11) is 0. The maximum atomic E-state index is 13.1. The second-order valence-electron chi connectivity index (χ2n) is 7.05. The van der Waals surface area contributed by atoms with Gasteiger partial charge in [-0.25, -0.2) is 0 Å². The molecular weight excluding hydrogens is 369 g/mol. The van der Waals surface area contributed by atoms with Gasteiger partial charge in [0.25, 0.3) is 0 Å². The van der Waals surface area contributed by atoms with Crippen LogP contribution in [0.15, 0.2) is 48.5 Å². The molecule has 0 radical (unpaired) electrons. The van der Waals surface area contributed by atoms with Crippen LogP contribution in [-0.2, 0) is 15.8 Å². The van der Waals surface area contributed by atoms with E-state index in [0.717, 1.165) is 17.7 Å². The van der Waals surface area contributed by atoms with Gasteiger partial charge in [-0.3, -0.25) is 9.59 Å². The van der Waals surface area contributed by atoms with Gasteiger partial charge in [-0.05, 0) is 63.6 Å². The molecule has 0 fully saturated rings. The average Bonchev–Trinajstić information content (AvgIpc) is 2.61. The highest BCUT2D eigenvalue weighted by Crippen LogP contribution is 2.31. The standard InChI is InChI=1S/C21H23F3N2O2/c1-5-26(17-11-6-8-14(2)12-17)19(28)20(3,4)18(27)25-16-10-7-9-15(13-16)21(22,23)24/h6-13H,5H2,1-4H3,(H,25,27). The van der Waals surface area contributed by atoms with Crippen molar-refractivity contribution in [3.05, 3.63) is 59.7 Å². The molecule has 0 spiro atoms. The van der Waals surface area contributed by atoms with Crippen LogP contribution in [-0.4, -0.2) is 18.4 Å². The van der Waals surface area contributed by atoms with E-state index in [1.165, 1.54) is 30.9 Å². The number of carbonyl (C=O) groups excluding carboxylic acids is 2. The topological polar surface area (TPSA) is 49.4 Å². The minimum Gasteiger partial charge on any atom is -0.325 e. The molecule has 0 aliphatic rings. The third-order valence-electron chi connectivity index (χ3n) is 4.42. The number of nitrogens with one attached hydrogen (secondary N) is 1. The molecule has 4 nitrogen and oxygen atoms in total. The number of nitrogens with zero attached hydrogens (tertiary/aromatic N) is 1. The molecule has 0 unspecified atom stereocenters. The molecule has 7 heteroatoms. The van der Waals surface area contributed by atoms with Gasteiger partial charge in [0.1, 0.15) is 5.41 Å². The van der Waals surface area contributed by atoms with Gasteiger partial charge in [-0.1, -0.05) is 18.2 Å². The maximum Gasteiger partial charge on any atom is 0.416 e. The van der Waals surface area contributed by atoms with E-state index in [1.807, 2.05) is 25.1 Å². The fraction of sp³-hybridized carbons (Fsp3) is 0.333. The van der Waals surface area contributed by atoms with Crippen LogP contribution in [0.25, 0.3) is 0 Å². The minimum atomic E-state index is -4.52. The zero-order valence-electron chi connectivity index (χ0n) is 16.2. The van der Waals surface area contributed by atoms with E-state index in [-0.39, 0.29) is 5.69 Å². The Hall–Kier alpha value is -2.83. The smallest absolute Gasteiger partial charge is 0.325 e. The Kier molecular flexibility index (Phi) is 6.17. The van der Waals surface area contributed by atoms with Gasteiger partial charge in [-0.2, -0.15) is 13.2 Å². The summed E-state index contributed by atoms with van der Waals surface area (Å²) in [5, 5.41) is 2.43. The monoisotopic (exact) mass is 392 g/mol. The number of rotatable bonds is 5. The molecule has 2 aromatic rings. The third kappa shape index (κ3) is 4.71. The van der Waals surface area contributed by atoms with E-state index in [0.29, 0.717) is 12.2 Å². The van der Waals surface area contributed by atoms with Crippen LogP contribution >= 0.6 is 0 Å². The third-order valence-corrected chi connectivity index (χ3v) is 4.42. The number of hydrogen-bond acceptors (Lipinski definition) is 2. The molecule has 0 bridgehead atoms. The number of carbonyl (C=O) groups is 2. The van der Waals surface area contributed by atoms with Gasteiger partial charge < -0.3 is 10.2 Å². The van der Waals surface area contributed by atoms with Crippen LogP contribution in [0.3, 0.4) is 0 Å². The van der Waals surface area contributed by atoms with Crippen LogP contribution in [0.2, 0.25) is 0 Å². The van der Waals surface area contributed by atoms with E-state index in [4.69, 9.17) is 0 Å². The summed E-state index contributed by atoms with van der Waals surface area (Å²) in [5.74, 6) is -1.12. The Morgan fingerprint density at radius 1 is 1.04 bits per heavy atom. The Balaban J connectivity index is 2.25. The second kappa shape index (κ2) is 8.04. The molecule has 28 heavy (non-hydrogen) atoms. The number of halogens is 3. The number of hydrogen-bond donors (Lipinski definition) is 1. The highest BCUT2D eigenvalue weighted by molar-refractivity contribution is 6.14. The maximum absolute atomic E-state index is 13.1. The van der Waals surface area contributed by atoms with Gasteiger partial charge >= 0.3 is 6.18 Å². The Morgan fingerprint density at radius 2 is 1.68 bits per heavy atom. The summed E-state index contributed by atoms with van der Waals surface area (Å²) >= 11 is 0. The average molecular weight is 392 g/mol. The predicted molar refractivity (Wildman–Crippen MR) is 103 cm³/mol. The van der Waals surface area contributed by atoms with Crippen molar-refractivity contribution in [2.24, 2.45) is 5.41 Å². The molecule has 2 aromatic carbocycles. The van der Waals surface area contributed by atoms with Crippen molar-refractivity contribution in [1.82, 2.24) is 0 Å². The van der Waals surface area contributed by atoms with E-state index in [2.05, 4.69) is 5.32 Å². The lowest BCUT2D eigenvalue weighted by Gasteiger charge is -2.30. The van der Waals surface area contributed by atoms with Crippen LogP contribution in [0.1, 0.15) is 31.9 Å². The fourth-order valence-corrected chi connectivity index (χ4v) is 2.73. The number of aryl methyl sites for hydroxylation is 1. The SMILES string of the molecule is CCN(C(=O)C(C)(C)C(=O)Nc1cccc(C(F)(F)F)c1)c1cccc(C)c1. The Morgan fingerprint density at radius 3 is 2.25 bits per heavy atom. The molecule has 2 amide bonds. The summed E-state index contributed by atoms with van der Waals surface area (Å²) in [6.07, 6.45) is -4.52. The molecule has 1 N–H and O–H groups in total. The van der Waals surface area contributed by atoms with E-state index in [1.54, 1.807) is 13.0 Å². The molecule has 2 rings (SSSR count). The predicted octanol–water partition coefficient (Wildman–Crippen LogP) is 5.03. The van der Waals surface area contributed by atoms with Gasteiger partial charge in [0, 0.05) is 17.9 Å². The van der Waals surface area contributed by atoms with Crippen molar-refractivity contribution in [2.45, 2.75) is 33.9 Å². The van der Waals surface area contributed by atoms with Crippen LogP contribution in [0.5, 0.6) is 0 Å². The Bertz CT molecular complexity index is 876. The van der Waals surface area contributed by atoms with Crippen molar-refractivity contribution in [1.29, 1.82) is 0 Å². The molecule has 0 saturated heterocycles.